The fourth-order valence-corrected chi connectivity index (χ4v) is 2.02. The normalized spacial score (nSPS) is 17.1. The van der Waals surface area contributed by atoms with Gasteiger partial charge in [0.15, 0.2) is 0 Å². The van der Waals surface area contributed by atoms with Gasteiger partial charge < -0.3 is 4.90 Å². The highest BCUT2D eigenvalue weighted by Gasteiger charge is 2.43. The highest BCUT2D eigenvalue weighted by Crippen LogP contribution is 2.45. The third-order valence-electron chi connectivity index (χ3n) is 3.29. The molecule has 1 aliphatic carbocycles. The van der Waals surface area contributed by atoms with Crippen LogP contribution in [0.1, 0.15) is 18.4 Å². The van der Waals surface area contributed by atoms with Crippen LogP contribution in [0.2, 0.25) is 0 Å². The Labute approximate surface area is 97.5 Å². The van der Waals surface area contributed by atoms with Crippen molar-refractivity contribution in [2.45, 2.75) is 19.3 Å². The van der Waals surface area contributed by atoms with Gasteiger partial charge in [-0.1, -0.05) is 30.3 Å². The molecule has 0 aliphatic heterocycles. The van der Waals surface area contributed by atoms with Gasteiger partial charge in [-0.2, -0.15) is 5.26 Å². The Balaban J connectivity index is 1.76. The first-order valence-electron chi connectivity index (χ1n) is 5.88. The molecule has 0 heterocycles. The van der Waals surface area contributed by atoms with Gasteiger partial charge in [-0.3, -0.25) is 0 Å². The van der Waals surface area contributed by atoms with Crippen molar-refractivity contribution in [3.05, 3.63) is 35.9 Å². The summed E-state index contributed by atoms with van der Waals surface area (Å²) in [6.07, 6.45) is 3.23. The molecule has 16 heavy (non-hydrogen) atoms. The fourth-order valence-electron chi connectivity index (χ4n) is 2.02. The molecular formula is C14H18N2. The highest BCUT2D eigenvalue weighted by atomic mass is 15.1. The predicted molar refractivity (Wildman–Crippen MR) is 64.9 cm³/mol. The van der Waals surface area contributed by atoms with Crippen molar-refractivity contribution in [2.75, 3.05) is 20.1 Å². The summed E-state index contributed by atoms with van der Waals surface area (Å²) in [5, 5.41) is 9.01. The van der Waals surface area contributed by atoms with Crippen molar-refractivity contribution < 1.29 is 0 Å². The van der Waals surface area contributed by atoms with Gasteiger partial charge in [0.1, 0.15) is 0 Å². The van der Waals surface area contributed by atoms with Gasteiger partial charge in [-0.05, 0) is 31.9 Å². The first kappa shape index (κ1) is 11.2. The second-order valence-electron chi connectivity index (χ2n) is 4.87. The molecule has 0 N–H and O–H groups in total. The maximum absolute atomic E-state index is 9.01. The molecule has 1 aliphatic rings. The van der Waals surface area contributed by atoms with E-state index < -0.39 is 0 Å². The molecule has 1 aromatic carbocycles. The lowest BCUT2D eigenvalue weighted by molar-refractivity contribution is 0.297. The van der Waals surface area contributed by atoms with Gasteiger partial charge in [-0.25, -0.2) is 0 Å². The van der Waals surface area contributed by atoms with Crippen molar-refractivity contribution in [3.63, 3.8) is 0 Å². The first-order valence-corrected chi connectivity index (χ1v) is 5.88. The van der Waals surface area contributed by atoms with Gasteiger partial charge in [0, 0.05) is 13.1 Å². The van der Waals surface area contributed by atoms with E-state index in [-0.39, 0.29) is 5.41 Å². The van der Waals surface area contributed by atoms with Crippen LogP contribution >= 0.6 is 0 Å². The molecule has 2 heteroatoms. The number of hydrogen-bond acceptors (Lipinski definition) is 2. The highest BCUT2D eigenvalue weighted by molar-refractivity contribution is 5.15. The monoisotopic (exact) mass is 214 g/mol. The Kier molecular flexibility index (Phi) is 3.26. The van der Waals surface area contributed by atoms with Crippen molar-refractivity contribution in [2.24, 2.45) is 5.41 Å². The minimum absolute atomic E-state index is 0.00849. The van der Waals surface area contributed by atoms with E-state index in [1.54, 1.807) is 0 Å². The summed E-state index contributed by atoms with van der Waals surface area (Å²) in [5.41, 5.74) is 1.36. The second kappa shape index (κ2) is 4.67. The third-order valence-corrected chi connectivity index (χ3v) is 3.29. The zero-order valence-corrected chi connectivity index (χ0v) is 9.82. The molecule has 84 valence electrons. The SMILES string of the molecule is CN(CCc1ccccc1)CC1(C#N)CC1. The molecule has 2 rings (SSSR count). The Morgan fingerprint density at radius 1 is 1.31 bits per heavy atom. The standard InChI is InChI=1S/C14H18N2/c1-16(12-14(11-15)8-9-14)10-7-13-5-3-2-4-6-13/h2-6H,7-10,12H2,1H3. The predicted octanol–water partition coefficient (Wildman–Crippen LogP) is 2.46. The zero-order valence-electron chi connectivity index (χ0n) is 9.82. The van der Waals surface area contributed by atoms with Gasteiger partial charge in [0.05, 0.1) is 11.5 Å². The molecule has 0 spiro atoms. The quantitative estimate of drug-likeness (QED) is 0.753. The van der Waals surface area contributed by atoms with Gasteiger partial charge in [0.2, 0.25) is 0 Å². The maximum Gasteiger partial charge on any atom is 0.0703 e. The minimum Gasteiger partial charge on any atom is -0.304 e. The second-order valence-corrected chi connectivity index (χ2v) is 4.87. The molecular weight excluding hydrogens is 196 g/mol. The fraction of sp³-hybridized carbons (Fsp3) is 0.500. The number of nitrogens with zero attached hydrogens (tertiary/aromatic N) is 2. The Hall–Kier alpha value is -1.33. The number of benzene rings is 1. The van der Waals surface area contributed by atoms with Crippen molar-refractivity contribution >= 4 is 0 Å². The summed E-state index contributed by atoms with van der Waals surface area (Å²) < 4.78 is 0. The van der Waals surface area contributed by atoms with E-state index >= 15 is 0 Å². The Morgan fingerprint density at radius 3 is 2.56 bits per heavy atom. The van der Waals surface area contributed by atoms with Crippen LogP contribution in [0.4, 0.5) is 0 Å². The van der Waals surface area contributed by atoms with Crippen LogP contribution in [0.25, 0.3) is 0 Å². The summed E-state index contributed by atoms with van der Waals surface area (Å²) in [6, 6.07) is 13.0. The smallest absolute Gasteiger partial charge is 0.0703 e. The summed E-state index contributed by atoms with van der Waals surface area (Å²) >= 11 is 0. The van der Waals surface area contributed by atoms with Crippen LogP contribution in [0.5, 0.6) is 0 Å². The molecule has 0 aromatic heterocycles. The molecule has 0 saturated heterocycles. The molecule has 0 unspecified atom stereocenters. The third kappa shape index (κ3) is 2.84. The van der Waals surface area contributed by atoms with Crippen LogP contribution in [0, 0.1) is 16.7 Å². The van der Waals surface area contributed by atoms with Gasteiger partial charge in [-0.15, -0.1) is 0 Å². The molecule has 1 saturated carbocycles. The summed E-state index contributed by atoms with van der Waals surface area (Å²) in [6.45, 7) is 1.96. The Morgan fingerprint density at radius 2 is 2.00 bits per heavy atom. The van der Waals surface area contributed by atoms with E-state index in [9.17, 15) is 0 Å². The van der Waals surface area contributed by atoms with Crippen LogP contribution in [-0.4, -0.2) is 25.0 Å². The maximum atomic E-state index is 9.01. The summed E-state index contributed by atoms with van der Waals surface area (Å²) in [7, 11) is 2.11. The van der Waals surface area contributed by atoms with Crippen molar-refractivity contribution in [1.82, 2.24) is 4.90 Å². The van der Waals surface area contributed by atoms with Crippen LogP contribution in [0.3, 0.4) is 0 Å². The van der Waals surface area contributed by atoms with E-state index in [1.807, 2.05) is 6.07 Å². The molecule has 1 aromatic rings. The van der Waals surface area contributed by atoms with E-state index in [0.717, 1.165) is 32.4 Å². The number of rotatable bonds is 5. The minimum atomic E-state index is -0.00849. The molecule has 0 radical (unpaired) electrons. The largest absolute Gasteiger partial charge is 0.304 e. The molecule has 0 bridgehead atoms. The molecule has 1 fully saturated rings. The topological polar surface area (TPSA) is 27.0 Å². The van der Waals surface area contributed by atoms with Crippen LogP contribution in [0.15, 0.2) is 30.3 Å². The molecule has 2 nitrogen and oxygen atoms in total. The summed E-state index contributed by atoms with van der Waals surface area (Å²) in [5.74, 6) is 0. The van der Waals surface area contributed by atoms with E-state index in [1.165, 1.54) is 5.56 Å². The van der Waals surface area contributed by atoms with E-state index in [4.69, 9.17) is 5.26 Å². The van der Waals surface area contributed by atoms with Gasteiger partial charge in [0.25, 0.3) is 0 Å². The lowest BCUT2D eigenvalue weighted by Crippen LogP contribution is -2.28. The van der Waals surface area contributed by atoms with Crippen LogP contribution < -0.4 is 0 Å². The Bertz CT molecular complexity index is 373. The lowest BCUT2D eigenvalue weighted by atomic mass is 10.1. The number of hydrogen-bond donors (Lipinski definition) is 0. The van der Waals surface area contributed by atoms with Crippen LogP contribution in [-0.2, 0) is 6.42 Å². The average Bonchev–Trinajstić information content (AvgIpc) is 3.08. The first-order chi connectivity index (χ1) is 7.74. The van der Waals surface area contributed by atoms with Gasteiger partial charge >= 0.3 is 0 Å². The molecule has 0 amide bonds. The zero-order chi connectivity index (χ0) is 11.4. The van der Waals surface area contributed by atoms with E-state index in [0.29, 0.717) is 0 Å². The lowest BCUT2D eigenvalue weighted by Gasteiger charge is -2.19. The van der Waals surface area contributed by atoms with Crippen molar-refractivity contribution in [1.29, 1.82) is 5.26 Å². The number of likely N-dealkylation sites (N-methyl/N-ethyl adjacent to an activating group) is 1. The average molecular weight is 214 g/mol. The van der Waals surface area contributed by atoms with Crippen molar-refractivity contribution in [3.8, 4) is 6.07 Å². The summed E-state index contributed by atoms with van der Waals surface area (Å²) in [4.78, 5) is 2.28. The van der Waals surface area contributed by atoms with E-state index in [2.05, 4.69) is 42.3 Å². The number of nitriles is 1. The molecule has 0 atom stereocenters.